The van der Waals surface area contributed by atoms with E-state index in [1.807, 2.05) is 0 Å². The zero-order valence-corrected chi connectivity index (χ0v) is 13.1. The highest BCUT2D eigenvalue weighted by Gasteiger charge is 2.03. The van der Waals surface area contributed by atoms with E-state index >= 15 is 0 Å². The topological polar surface area (TPSA) is 0 Å². The molecule has 0 heteroatoms. The monoisotopic (exact) mass is 250 g/mol. The van der Waals surface area contributed by atoms with Gasteiger partial charge in [0.2, 0.25) is 0 Å². The lowest BCUT2D eigenvalue weighted by Crippen LogP contribution is -1.97. The van der Waals surface area contributed by atoms with Crippen LogP contribution < -0.4 is 0 Å². The summed E-state index contributed by atoms with van der Waals surface area (Å²) in [5, 5.41) is 0. The summed E-state index contributed by atoms with van der Waals surface area (Å²) in [4.78, 5) is 0. The molecule has 1 unspecified atom stereocenters. The van der Waals surface area contributed by atoms with E-state index in [0.29, 0.717) is 5.92 Å². The third-order valence-corrected chi connectivity index (χ3v) is 3.50. The van der Waals surface area contributed by atoms with Crippen LogP contribution in [-0.2, 0) is 0 Å². The quantitative estimate of drug-likeness (QED) is 0.296. The molecular formula is C18H34. The van der Waals surface area contributed by atoms with E-state index in [1.165, 1.54) is 70.6 Å². The van der Waals surface area contributed by atoms with Gasteiger partial charge in [0.15, 0.2) is 0 Å². The van der Waals surface area contributed by atoms with Gasteiger partial charge < -0.3 is 0 Å². The summed E-state index contributed by atoms with van der Waals surface area (Å²) >= 11 is 0. The molecule has 0 radical (unpaired) electrons. The molecule has 0 bridgehead atoms. The van der Waals surface area contributed by atoms with E-state index in [4.69, 9.17) is 0 Å². The molecule has 0 rings (SSSR count). The van der Waals surface area contributed by atoms with Crippen LogP contribution in [0, 0.1) is 17.8 Å². The van der Waals surface area contributed by atoms with Gasteiger partial charge in [-0.3, -0.25) is 0 Å². The molecule has 18 heavy (non-hydrogen) atoms. The maximum atomic E-state index is 3.52. The molecule has 0 aliphatic carbocycles. The second kappa shape index (κ2) is 14.6. The third-order valence-electron chi connectivity index (χ3n) is 3.50. The van der Waals surface area contributed by atoms with Crippen molar-refractivity contribution in [1.82, 2.24) is 0 Å². The van der Waals surface area contributed by atoms with Gasteiger partial charge >= 0.3 is 0 Å². The molecule has 0 aromatic heterocycles. The Morgan fingerprint density at radius 2 is 1.33 bits per heavy atom. The fourth-order valence-electron chi connectivity index (χ4n) is 2.31. The Bertz CT molecular complexity index is 206. The predicted octanol–water partition coefficient (Wildman–Crippen LogP) is 6.35. The molecule has 0 aliphatic rings. The van der Waals surface area contributed by atoms with Crippen LogP contribution in [-0.4, -0.2) is 0 Å². The lowest BCUT2D eigenvalue weighted by atomic mass is 9.96. The molecule has 0 saturated carbocycles. The first kappa shape index (κ1) is 17.6. The van der Waals surface area contributed by atoms with E-state index < -0.39 is 0 Å². The standard InChI is InChI=1S/C18H34/c1-4-7-9-11-13-16-18(15-6-3)17-14-12-10-8-5-2/h18H,4-13,15-16H2,1-3H3. The first-order valence-corrected chi connectivity index (χ1v) is 8.33. The van der Waals surface area contributed by atoms with E-state index in [2.05, 4.69) is 32.6 Å². The zero-order chi connectivity index (χ0) is 13.5. The zero-order valence-electron chi connectivity index (χ0n) is 13.1. The number of hydrogen-bond acceptors (Lipinski definition) is 0. The molecular weight excluding hydrogens is 216 g/mol. The highest BCUT2D eigenvalue weighted by atomic mass is 14.1. The summed E-state index contributed by atoms with van der Waals surface area (Å²) in [6.07, 6.45) is 15.9. The summed E-state index contributed by atoms with van der Waals surface area (Å²) in [6.45, 7) is 6.81. The van der Waals surface area contributed by atoms with Gasteiger partial charge in [0.1, 0.15) is 0 Å². The third kappa shape index (κ3) is 12.0. The van der Waals surface area contributed by atoms with Crippen molar-refractivity contribution in [1.29, 1.82) is 0 Å². The van der Waals surface area contributed by atoms with Gasteiger partial charge in [-0.05, 0) is 19.3 Å². The molecule has 0 fully saturated rings. The average molecular weight is 250 g/mol. The molecule has 0 amide bonds. The van der Waals surface area contributed by atoms with Crippen LogP contribution in [0.1, 0.15) is 97.8 Å². The van der Waals surface area contributed by atoms with Crippen LogP contribution in [0.2, 0.25) is 0 Å². The molecule has 106 valence electrons. The highest BCUT2D eigenvalue weighted by Crippen LogP contribution is 2.16. The van der Waals surface area contributed by atoms with Crippen molar-refractivity contribution in [3.63, 3.8) is 0 Å². The highest BCUT2D eigenvalue weighted by molar-refractivity contribution is 5.03. The summed E-state index contributed by atoms with van der Waals surface area (Å²) in [7, 11) is 0. The van der Waals surface area contributed by atoms with E-state index in [-0.39, 0.29) is 0 Å². The van der Waals surface area contributed by atoms with Gasteiger partial charge in [-0.2, -0.15) is 0 Å². The maximum Gasteiger partial charge on any atom is 0.0202 e. The summed E-state index contributed by atoms with van der Waals surface area (Å²) in [5.41, 5.74) is 0. The lowest BCUT2D eigenvalue weighted by Gasteiger charge is -2.08. The molecule has 0 N–H and O–H groups in total. The Hall–Kier alpha value is -0.440. The van der Waals surface area contributed by atoms with Gasteiger partial charge in [0.05, 0.1) is 0 Å². The SMILES string of the molecule is CCCCCC#CC(CCC)CCCCCCC. The summed E-state index contributed by atoms with van der Waals surface area (Å²) in [6, 6.07) is 0. The molecule has 0 aliphatic heterocycles. The molecule has 0 saturated heterocycles. The second-order valence-corrected chi connectivity index (χ2v) is 5.47. The van der Waals surface area contributed by atoms with Gasteiger partial charge in [-0.25, -0.2) is 0 Å². The second-order valence-electron chi connectivity index (χ2n) is 5.47. The van der Waals surface area contributed by atoms with Crippen molar-refractivity contribution in [3.8, 4) is 11.8 Å². The Morgan fingerprint density at radius 1 is 0.667 bits per heavy atom. The Kier molecular flexibility index (Phi) is 14.3. The number of unbranched alkanes of at least 4 members (excludes halogenated alkanes) is 7. The van der Waals surface area contributed by atoms with Gasteiger partial charge in [0.25, 0.3) is 0 Å². The van der Waals surface area contributed by atoms with Crippen LogP contribution >= 0.6 is 0 Å². The normalized spacial score (nSPS) is 11.9. The van der Waals surface area contributed by atoms with E-state index in [1.54, 1.807) is 0 Å². The molecule has 0 spiro atoms. The Balaban J connectivity index is 3.69. The van der Waals surface area contributed by atoms with Crippen LogP contribution in [0.5, 0.6) is 0 Å². The predicted molar refractivity (Wildman–Crippen MR) is 83.7 cm³/mol. The molecule has 0 nitrogen and oxygen atoms in total. The fourth-order valence-corrected chi connectivity index (χ4v) is 2.31. The molecule has 0 aromatic carbocycles. The van der Waals surface area contributed by atoms with Gasteiger partial charge in [-0.15, -0.1) is 5.92 Å². The summed E-state index contributed by atoms with van der Waals surface area (Å²) < 4.78 is 0. The minimum atomic E-state index is 0.679. The summed E-state index contributed by atoms with van der Waals surface area (Å²) in [5.74, 6) is 7.61. The average Bonchev–Trinajstić information content (AvgIpc) is 2.38. The van der Waals surface area contributed by atoms with Crippen molar-refractivity contribution in [2.24, 2.45) is 5.92 Å². The van der Waals surface area contributed by atoms with Crippen LogP contribution in [0.4, 0.5) is 0 Å². The minimum Gasteiger partial charge on any atom is -0.103 e. The van der Waals surface area contributed by atoms with Crippen LogP contribution in [0.15, 0.2) is 0 Å². The van der Waals surface area contributed by atoms with Crippen molar-refractivity contribution in [2.45, 2.75) is 97.8 Å². The van der Waals surface area contributed by atoms with Crippen molar-refractivity contribution in [2.75, 3.05) is 0 Å². The largest absolute Gasteiger partial charge is 0.103 e. The first-order chi connectivity index (χ1) is 8.85. The molecule has 0 aromatic rings. The first-order valence-electron chi connectivity index (χ1n) is 8.33. The fraction of sp³-hybridized carbons (Fsp3) is 0.889. The number of rotatable bonds is 11. The van der Waals surface area contributed by atoms with Crippen LogP contribution in [0.25, 0.3) is 0 Å². The molecule has 0 heterocycles. The van der Waals surface area contributed by atoms with E-state index in [0.717, 1.165) is 6.42 Å². The number of hydrogen-bond donors (Lipinski definition) is 0. The Labute approximate surface area is 116 Å². The van der Waals surface area contributed by atoms with Crippen molar-refractivity contribution >= 4 is 0 Å². The maximum absolute atomic E-state index is 3.52. The Morgan fingerprint density at radius 3 is 2.00 bits per heavy atom. The minimum absolute atomic E-state index is 0.679. The van der Waals surface area contributed by atoms with E-state index in [9.17, 15) is 0 Å². The lowest BCUT2D eigenvalue weighted by molar-refractivity contribution is 0.503. The van der Waals surface area contributed by atoms with Gasteiger partial charge in [-0.1, -0.05) is 78.1 Å². The van der Waals surface area contributed by atoms with Crippen molar-refractivity contribution < 1.29 is 0 Å². The van der Waals surface area contributed by atoms with Crippen molar-refractivity contribution in [3.05, 3.63) is 0 Å². The molecule has 1 atom stereocenters. The van der Waals surface area contributed by atoms with Crippen LogP contribution in [0.3, 0.4) is 0 Å². The smallest absolute Gasteiger partial charge is 0.0202 e. The van der Waals surface area contributed by atoms with Gasteiger partial charge in [0, 0.05) is 12.3 Å².